The number of nitrogens with one attached hydrogen (secondary N) is 1. The summed E-state index contributed by atoms with van der Waals surface area (Å²) in [5.41, 5.74) is 0.303. The predicted molar refractivity (Wildman–Crippen MR) is 89.0 cm³/mol. The zero-order valence-corrected chi connectivity index (χ0v) is 14.8. The largest absolute Gasteiger partial charge is 0.479 e. The quantitative estimate of drug-likeness (QED) is 0.891. The van der Waals surface area contributed by atoms with Crippen LogP contribution in [0.5, 0.6) is 0 Å². The molecule has 2 aromatic heterocycles. The van der Waals surface area contributed by atoms with E-state index in [4.69, 9.17) is 0 Å². The summed E-state index contributed by atoms with van der Waals surface area (Å²) in [4.78, 5) is 23.7. The fourth-order valence-electron chi connectivity index (χ4n) is 2.03. The number of anilines is 1. The zero-order chi connectivity index (χ0) is 18.3. The topological polar surface area (TPSA) is 102 Å². The fourth-order valence-corrected chi connectivity index (χ4v) is 2.03. The Morgan fingerprint density at radius 3 is 2.33 bits per heavy atom. The maximum Gasteiger partial charge on any atom is 0.331 e. The normalized spacial score (nSPS) is 12.2. The highest BCUT2D eigenvalue weighted by molar-refractivity contribution is 6.03. The molecule has 0 radical (unpaired) electrons. The van der Waals surface area contributed by atoms with Crippen LogP contribution < -0.4 is 5.32 Å². The molecule has 0 bridgehead atoms. The lowest BCUT2D eigenvalue weighted by Gasteiger charge is -2.19. The van der Waals surface area contributed by atoms with Crippen molar-refractivity contribution in [3.05, 3.63) is 29.8 Å². The zero-order valence-electron chi connectivity index (χ0n) is 14.8. The van der Waals surface area contributed by atoms with Crippen molar-refractivity contribution < 1.29 is 14.7 Å². The van der Waals surface area contributed by atoms with Gasteiger partial charge in [-0.05, 0) is 19.9 Å². The lowest BCUT2D eigenvalue weighted by atomic mass is 9.92. The lowest BCUT2D eigenvalue weighted by molar-refractivity contribution is -0.146. The summed E-state index contributed by atoms with van der Waals surface area (Å²) < 4.78 is 2.83. The molecule has 2 rings (SSSR count). The molecule has 0 saturated carbocycles. The molecule has 0 aliphatic rings. The van der Waals surface area contributed by atoms with Crippen LogP contribution in [0.1, 0.15) is 50.8 Å². The number of carboxylic acids is 1. The molecule has 8 heteroatoms. The van der Waals surface area contributed by atoms with Crippen LogP contribution in [0.25, 0.3) is 0 Å². The molecule has 0 aliphatic carbocycles. The van der Waals surface area contributed by atoms with Gasteiger partial charge in [-0.1, -0.05) is 20.8 Å². The van der Waals surface area contributed by atoms with Crippen molar-refractivity contribution >= 4 is 17.6 Å². The van der Waals surface area contributed by atoms with Crippen LogP contribution in [0.4, 0.5) is 5.69 Å². The fraction of sp³-hybridized carbons (Fsp3) is 0.500. The van der Waals surface area contributed by atoms with Gasteiger partial charge in [0.15, 0.2) is 5.54 Å². The highest BCUT2D eigenvalue weighted by atomic mass is 16.4. The molecular weight excluding hydrogens is 310 g/mol. The van der Waals surface area contributed by atoms with Gasteiger partial charge in [-0.15, -0.1) is 0 Å². The molecule has 0 aliphatic heterocycles. The van der Waals surface area contributed by atoms with E-state index in [9.17, 15) is 14.7 Å². The third-order valence-corrected chi connectivity index (χ3v) is 3.82. The predicted octanol–water partition coefficient (Wildman–Crippen LogP) is 1.99. The van der Waals surface area contributed by atoms with Crippen molar-refractivity contribution in [2.24, 2.45) is 7.05 Å². The second-order valence-electron chi connectivity index (χ2n) is 7.28. The van der Waals surface area contributed by atoms with Gasteiger partial charge in [0.05, 0.1) is 17.6 Å². The number of amides is 1. The molecule has 2 heterocycles. The molecule has 130 valence electrons. The number of hydrogen-bond donors (Lipinski definition) is 2. The van der Waals surface area contributed by atoms with E-state index in [0.717, 1.165) is 5.69 Å². The average Bonchev–Trinajstić information content (AvgIpc) is 3.04. The van der Waals surface area contributed by atoms with Gasteiger partial charge in [-0.3, -0.25) is 14.2 Å². The minimum atomic E-state index is -1.20. The van der Waals surface area contributed by atoms with Crippen LogP contribution in [0.2, 0.25) is 0 Å². The van der Waals surface area contributed by atoms with E-state index in [1.807, 2.05) is 20.8 Å². The number of aliphatic carboxylic acids is 1. The Morgan fingerprint density at radius 2 is 1.83 bits per heavy atom. The Balaban J connectivity index is 2.21. The van der Waals surface area contributed by atoms with Gasteiger partial charge in [0.2, 0.25) is 0 Å². The summed E-state index contributed by atoms with van der Waals surface area (Å²) >= 11 is 0. The van der Waals surface area contributed by atoms with Gasteiger partial charge in [0, 0.05) is 18.7 Å². The van der Waals surface area contributed by atoms with E-state index < -0.39 is 11.5 Å². The van der Waals surface area contributed by atoms with Gasteiger partial charge < -0.3 is 10.4 Å². The van der Waals surface area contributed by atoms with Crippen LogP contribution in [0.15, 0.2) is 18.5 Å². The molecule has 2 N–H and O–H groups in total. The second-order valence-corrected chi connectivity index (χ2v) is 7.28. The molecule has 0 unspecified atom stereocenters. The standard InChI is InChI=1S/C16H23N5O3/c1-15(2,3)12-7-11(20(6)19-12)13(22)18-10-8-17-21(9-10)16(4,5)14(23)24/h7-9H,1-6H3,(H,18,22)(H,23,24). The minimum Gasteiger partial charge on any atom is -0.479 e. The Hall–Kier alpha value is -2.64. The van der Waals surface area contributed by atoms with Crippen LogP contribution in [0, 0.1) is 0 Å². The molecule has 0 atom stereocenters. The summed E-state index contributed by atoms with van der Waals surface area (Å²) in [7, 11) is 1.71. The summed E-state index contributed by atoms with van der Waals surface area (Å²) in [5.74, 6) is -1.34. The Kier molecular flexibility index (Phi) is 4.26. The number of rotatable bonds is 4. The number of carbonyl (C=O) groups is 2. The molecule has 0 fully saturated rings. The van der Waals surface area contributed by atoms with Gasteiger partial charge in [-0.25, -0.2) is 4.79 Å². The number of carboxylic acid groups (broad SMARTS) is 1. The SMILES string of the molecule is Cn1nc(C(C)(C)C)cc1C(=O)Nc1cnn(C(C)(C)C(=O)O)c1. The van der Waals surface area contributed by atoms with E-state index in [0.29, 0.717) is 11.4 Å². The lowest BCUT2D eigenvalue weighted by Crippen LogP contribution is -2.35. The third-order valence-electron chi connectivity index (χ3n) is 3.82. The van der Waals surface area contributed by atoms with Gasteiger partial charge >= 0.3 is 5.97 Å². The van der Waals surface area contributed by atoms with Gasteiger partial charge in [0.1, 0.15) is 5.69 Å². The van der Waals surface area contributed by atoms with Crippen LogP contribution in [-0.2, 0) is 22.8 Å². The first-order valence-corrected chi connectivity index (χ1v) is 7.57. The average molecular weight is 333 g/mol. The maximum atomic E-state index is 12.4. The van der Waals surface area contributed by atoms with E-state index in [1.54, 1.807) is 13.1 Å². The van der Waals surface area contributed by atoms with Crippen molar-refractivity contribution in [1.29, 1.82) is 0 Å². The first-order valence-electron chi connectivity index (χ1n) is 7.57. The highest BCUT2D eigenvalue weighted by Crippen LogP contribution is 2.22. The molecule has 24 heavy (non-hydrogen) atoms. The summed E-state index contributed by atoms with van der Waals surface area (Å²) in [6, 6.07) is 1.75. The van der Waals surface area contributed by atoms with E-state index in [-0.39, 0.29) is 11.3 Å². The van der Waals surface area contributed by atoms with E-state index in [1.165, 1.54) is 35.6 Å². The number of aryl methyl sites for hydroxylation is 1. The van der Waals surface area contributed by atoms with Crippen molar-refractivity contribution in [1.82, 2.24) is 19.6 Å². The van der Waals surface area contributed by atoms with Gasteiger partial charge in [-0.2, -0.15) is 10.2 Å². The van der Waals surface area contributed by atoms with Crippen molar-refractivity contribution in [2.75, 3.05) is 5.32 Å². The van der Waals surface area contributed by atoms with E-state index >= 15 is 0 Å². The smallest absolute Gasteiger partial charge is 0.331 e. The minimum absolute atomic E-state index is 0.160. The van der Waals surface area contributed by atoms with Crippen LogP contribution >= 0.6 is 0 Å². The molecule has 0 spiro atoms. The number of carbonyl (C=O) groups excluding carboxylic acids is 1. The number of nitrogens with zero attached hydrogens (tertiary/aromatic N) is 4. The number of hydrogen-bond acceptors (Lipinski definition) is 4. The van der Waals surface area contributed by atoms with Crippen molar-refractivity contribution in [3.63, 3.8) is 0 Å². The molecule has 2 aromatic rings. The Morgan fingerprint density at radius 1 is 1.21 bits per heavy atom. The molecular formula is C16H23N5O3. The van der Waals surface area contributed by atoms with E-state index in [2.05, 4.69) is 15.5 Å². The van der Waals surface area contributed by atoms with Crippen LogP contribution in [0.3, 0.4) is 0 Å². The number of aromatic nitrogens is 4. The van der Waals surface area contributed by atoms with Crippen molar-refractivity contribution in [2.45, 2.75) is 45.6 Å². The Bertz CT molecular complexity index is 780. The van der Waals surface area contributed by atoms with Gasteiger partial charge in [0.25, 0.3) is 5.91 Å². The molecule has 0 saturated heterocycles. The van der Waals surface area contributed by atoms with Crippen molar-refractivity contribution in [3.8, 4) is 0 Å². The highest BCUT2D eigenvalue weighted by Gasteiger charge is 2.30. The summed E-state index contributed by atoms with van der Waals surface area (Å²) in [5, 5.41) is 20.3. The van der Waals surface area contributed by atoms with Crippen LogP contribution in [-0.4, -0.2) is 36.5 Å². The maximum absolute atomic E-state index is 12.4. The molecule has 8 nitrogen and oxygen atoms in total. The molecule has 1 amide bonds. The third kappa shape index (κ3) is 3.32. The monoisotopic (exact) mass is 333 g/mol. The Labute approximate surface area is 140 Å². The summed E-state index contributed by atoms with van der Waals surface area (Å²) in [6.45, 7) is 9.13. The molecule has 0 aromatic carbocycles. The summed E-state index contributed by atoms with van der Waals surface area (Å²) in [6.07, 6.45) is 2.91. The first-order chi connectivity index (χ1) is 10.9. The second kappa shape index (κ2) is 5.77. The first kappa shape index (κ1) is 17.7.